The lowest BCUT2D eigenvalue weighted by atomic mass is 10.1. The van der Waals surface area contributed by atoms with E-state index in [-0.39, 0.29) is 6.61 Å². The lowest BCUT2D eigenvalue weighted by molar-refractivity contribution is 0.283. The normalized spacial score (nSPS) is 11.0. The van der Waals surface area contributed by atoms with Crippen LogP contribution in [0.25, 0.3) is 11.3 Å². The molecule has 0 fully saturated rings. The van der Waals surface area contributed by atoms with Crippen molar-refractivity contribution in [2.24, 2.45) is 0 Å². The molecule has 0 unspecified atom stereocenters. The third kappa shape index (κ3) is 5.89. The summed E-state index contributed by atoms with van der Waals surface area (Å²) in [6, 6.07) is 17.9. The van der Waals surface area contributed by atoms with E-state index < -0.39 is 0 Å². The van der Waals surface area contributed by atoms with Crippen molar-refractivity contribution >= 4 is 11.6 Å². The van der Waals surface area contributed by atoms with Crippen LogP contribution in [0.4, 0.5) is 0 Å². The number of aliphatic hydroxyl groups is 1. The van der Waals surface area contributed by atoms with Crippen molar-refractivity contribution in [3.8, 4) is 11.3 Å². The number of aliphatic hydroxyl groups excluding tert-OH is 1. The molecule has 0 aliphatic rings. The second-order valence-corrected chi connectivity index (χ2v) is 6.92. The standard InChI is InChI=1S/C21H25ClN4O/c22-19-11-9-17(10-12-19)16-26-24-20(15-23-13-5-2-6-14-27)21(25-26)18-7-3-1-4-8-18/h1,3-4,7-12,23,27H,2,5-6,13-16H2. The minimum absolute atomic E-state index is 0.261. The molecule has 0 saturated carbocycles. The van der Waals surface area contributed by atoms with Crippen molar-refractivity contribution in [1.29, 1.82) is 0 Å². The molecule has 1 aromatic heterocycles. The molecule has 0 saturated heterocycles. The quantitative estimate of drug-likeness (QED) is 0.520. The molecule has 0 bridgehead atoms. The van der Waals surface area contributed by atoms with Gasteiger partial charge in [-0.1, -0.05) is 54.1 Å². The SMILES string of the molecule is OCCCCCNCc1nn(Cc2ccc(Cl)cc2)nc1-c1ccccc1. The van der Waals surface area contributed by atoms with E-state index in [9.17, 15) is 0 Å². The van der Waals surface area contributed by atoms with Gasteiger partial charge in [0, 0.05) is 23.7 Å². The van der Waals surface area contributed by atoms with Gasteiger partial charge in [-0.3, -0.25) is 0 Å². The van der Waals surface area contributed by atoms with Gasteiger partial charge in [0.25, 0.3) is 0 Å². The van der Waals surface area contributed by atoms with Crippen LogP contribution in [0.2, 0.25) is 5.02 Å². The van der Waals surface area contributed by atoms with Crippen LogP contribution >= 0.6 is 11.6 Å². The molecule has 0 spiro atoms. The van der Waals surface area contributed by atoms with Crippen LogP contribution < -0.4 is 5.32 Å². The first-order valence-electron chi connectivity index (χ1n) is 9.31. The van der Waals surface area contributed by atoms with Gasteiger partial charge in [-0.15, -0.1) is 0 Å². The second kappa shape index (κ2) is 10.2. The van der Waals surface area contributed by atoms with Gasteiger partial charge in [0.1, 0.15) is 11.4 Å². The molecule has 142 valence electrons. The molecule has 0 amide bonds. The zero-order valence-corrected chi connectivity index (χ0v) is 16.1. The Morgan fingerprint density at radius 1 is 0.926 bits per heavy atom. The second-order valence-electron chi connectivity index (χ2n) is 6.48. The number of unbranched alkanes of at least 4 members (excludes halogenated alkanes) is 2. The van der Waals surface area contributed by atoms with Crippen molar-refractivity contribution in [3.63, 3.8) is 0 Å². The Kier molecular flexibility index (Phi) is 7.39. The number of benzene rings is 2. The van der Waals surface area contributed by atoms with Crippen LogP contribution in [-0.4, -0.2) is 33.3 Å². The molecule has 0 atom stereocenters. The Hall–Kier alpha value is -2.21. The highest BCUT2D eigenvalue weighted by Crippen LogP contribution is 2.20. The Balaban J connectivity index is 1.71. The molecule has 6 heteroatoms. The van der Waals surface area contributed by atoms with Crippen LogP contribution in [-0.2, 0) is 13.1 Å². The molecular weight excluding hydrogens is 360 g/mol. The molecular formula is C21H25ClN4O. The van der Waals surface area contributed by atoms with Crippen LogP contribution in [0, 0.1) is 0 Å². The van der Waals surface area contributed by atoms with E-state index in [4.69, 9.17) is 26.9 Å². The van der Waals surface area contributed by atoms with Gasteiger partial charge in [-0.2, -0.15) is 15.0 Å². The lowest BCUT2D eigenvalue weighted by Crippen LogP contribution is -2.16. The number of nitrogens with zero attached hydrogens (tertiary/aromatic N) is 3. The maximum absolute atomic E-state index is 8.85. The van der Waals surface area contributed by atoms with Crippen molar-refractivity contribution < 1.29 is 5.11 Å². The fraction of sp³-hybridized carbons (Fsp3) is 0.333. The van der Waals surface area contributed by atoms with E-state index in [1.165, 1.54) is 0 Å². The minimum Gasteiger partial charge on any atom is -0.396 e. The van der Waals surface area contributed by atoms with Crippen LogP contribution in [0.3, 0.4) is 0 Å². The smallest absolute Gasteiger partial charge is 0.117 e. The summed E-state index contributed by atoms with van der Waals surface area (Å²) in [6.45, 7) is 2.44. The summed E-state index contributed by atoms with van der Waals surface area (Å²) in [5, 5.41) is 22.5. The average molecular weight is 385 g/mol. The molecule has 0 aliphatic heterocycles. The fourth-order valence-corrected chi connectivity index (χ4v) is 3.02. The number of hydrogen-bond donors (Lipinski definition) is 2. The minimum atomic E-state index is 0.261. The third-order valence-electron chi connectivity index (χ3n) is 4.31. The molecule has 27 heavy (non-hydrogen) atoms. The van der Waals surface area contributed by atoms with Crippen LogP contribution in [0.1, 0.15) is 30.5 Å². The molecule has 1 heterocycles. The summed E-state index contributed by atoms with van der Waals surface area (Å²) in [5.41, 5.74) is 4.03. The maximum Gasteiger partial charge on any atom is 0.117 e. The van der Waals surface area contributed by atoms with Gasteiger partial charge in [-0.05, 0) is 43.5 Å². The Morgan fingerprint density at radius 2 is 1.70 bits per heavy atom. The number of nitrogens with one attached hydrogen (secondary N) is 1. The van der Waals surface area contributed by atoms with Gasteiger partial charge < -0.3 is 10.4 Å². The van der Waals surface area contributed by atoms with E-state index >= 15 is 0 Å². The first kappa shape index (κ1) is 19.5. The summed E-state index contributed by atoms with van der Waals surface area (Å²) in [4.78, 5) is 1.74. The van der Waals surface area contributed by atoms with Crippen molar-refractivity contribution in [1.82, 2.24) is 20.3 Å². The molecule has 0 aliphatic carbocycles. The van der Waals surface area contributed by atoms with Gasteiger partial charge in [-0.25, -0.2) is 0 Å². The first-order chi connectivity index (χ1) is 13.3. The molecule has 0 radical (unpaired) electrons. The highest BCUT2D eigenvalue weighted by Gasteiger charge is 2.13. The summed E-state index contributed by atoms with van der Waals surface area (Å²) < 4.78 is 0. The number of hydrogen-bond acceptors (Lipinski definition) is 4. The van der Waals surface area contributed by atoms with E-state index in [2.05, 4.69) is 17.4 Å². The van der Waals surface area contributed by atoms with Crippen LogP contribution in [0.15, 0.2) is 54.6 Å². The predicted molar refractivity (Wildman–Crippen MR) is 109 cm³/mol. The fourth-order valence-electron chi connectivity index (χ4n) is 2.89. The van der Waals surface area contributed by atoms with E-state index in [0.717, 1.165) is 53.3 Å². The highest BCUT2D eigenvalue weighted by atomic mass is 35.5. The highest BCUT2D eigenvalue weighted by molar-refractivity contribution is 6.30. The molecule has 5 nitrogen and oxygen atoms in total. The molecule has 3 aromatic rings. The Bertz CT molecular complexity index is 818. The molecule has 2 aromatic carbocycles. The van der Waals surface area contributed by atoms with Crippen molar-refractivity contribution in [2.75, 3.05) is 13.2 Å². The van der Waals surface area contributed by atoms with Crippen molar-refractivity contribution in [3.05, 3.63) is 70.9 Å². The van der Waals surface area contributed by atoms with Gasteiger partial charge in [0.05, 0.1) is 6.54 Å². The van der Waals surface area contributed by atoms with Gasteiger partial charge in [0.15, 0.2) is 0 Å². The lowest BCUT2D eigenvalue weighted by Gasteiger charge is -2.04. The Morgan fingerprint density at radius 3 is 2.44 bits per heavy atom. The summed E-state index contributed by atoms with van der Waals surface area (Å²) >= 11 is 5.97. The Labute approximate surface area is 165 Å². The molecule has 2 N–H and O–H groups in total. The van der Waals surface area contributed by atoms with E-state index in [1.54, 1.807) is 4.80 Å². The predicted octanol–water partition coefficient (Wildman–Crippen LogP) is 3.90. The average Bonchev–Trinajstić information content (AvgIpc) is 3.10. The summed E-state index contributed by atoms with van der Waals surface area (Å²) in [5.74, 6) is 0. The monoisotopic (exact) mass is 384 g/mol. The largest absolute Gasteiger partial charge is 0.396 e. The third-order valence-corrected chi connectivity index (χ3v) is 4.57. The summed E-state index contributed by atoms with van der Waals surface area (Å²) in [7, 11) is 0. The zero-order chi connectivity index (χ0) is 18.9. The topological polar surface area (TPSA) is 63.0 Å². The maximum atomic E-state index is 8.85. The van der Waals surface area contributed by atoms with E-state index in [1.807, 2.05) is 42.5 Å². The van der Waals surface area contributed by atoms with Gasteiger partial charge in [0.2, 0.25) is 0 Å². The summed E-state index contributed by atoms with van der Waals surface area (Å²) in [6.07, 6.45) is 2.92. The zero-order valence-electron chi connectivity index (χ0n) is 15.3. The number of halogens is 1. The van der Waals surface area contributed by atoms with Gasteiger partial charge >= 0.3 is 0 Å². The molecule has 3 rings (SSSR count). The first-order valence-corrected chi connectivity index (χ1v) is 9.69. The van der Waals surface area contributed by atoms with Crippen molar-refractivity contribution in [2.45, 2.75) is 32.4 Å². The number of aromatic nitrogens is 3. The van der Waals surface area contributed by atoms with Crippen LogP contribution in [0.5, 0.6) is 0 Å². The number of rotatable bonds is 10. The van der Waals surface area contributed by atoms with E-state index in [0.29, 0.717) is 13.1 Å².